The normalized spacial score (nSPS) is 10.3. The van der Waals surface area contributed by atoms with Gasteiger partial charge in [0, 0.05) is 12.1 Å². The van der Waals surface area contributed by atoms with Crippen LogP contribution in [0.4, 0.5) is 10.8 Å². The number of nitrogens with zero attached hydrogens (tertiary/aromatic N) is 2. The number of carbonyl (C=O) groups excluding carboxylic acids is 3. The van der Waals surface area contributed by atoms with E-state index in [1.165, 1.54) is 23.5 Å². The molecule has 8 nitrogen and oxygen atoms in total. The average Bonchev–Trinajstić information content (AvgIpc) is 2.99. The molecule has 0 fully saturated rings. The van der Waals surface area contributed by atoms with E-state index in [2.05, 4.69) is 20.8 Å². The highest BCUT2D eigenvalue weighted by molar-refractivity contribution is 7.15. The maximum Gasteiger partial charge on any atom is 0.306 e. The van der Waals surface area contributed by atoms with Crippen molar-refractivity contribution in [2.75, 3.05) is 17.2 Å². The standard InChI is InChI=1S/C15H14Cl2N4O4S/c1-8-20-21-15(26-8)19-12(22)4-5-14(24)25-7-13(23)18-9-2-3-10(16)11(17)6-9/h2-3,6H,4-5,7H2,1H3,(H,18,23)(H,19,21,22). The van der Waals surface area contributed by atoms with Gasteiger partial charge in [-0.1, -0.05) is 34.5 Å². The van der Waals surface area contributed by atoms with Crippen LogP contribution in [0.25, 0.3) is 0 Å². The minimum absolute atomic E-state index is 0.0914. The summed E-state index contributed by atoms with van der Waals surface area (Å²) in [5.41, 5.74) is 0.423. The van der Waals surface area contributed by atoms with Gasteiger partial charge in [-0.3, -0.25) is 14.4 Å². The fraction of sp³-hybridized carbons (Fsp3) is 0.267. The van der Waals surface area contributed by atoms with Gasteiger partial charge in [-0.2, -0.15) is 0 Å². The van der Waals surface area contributed by atoms with Crippen molar-refractivity contribution in [1.29, 1.82) is 0 Å². The Hall–Kier alpha value is -2.23. The second-order valence-electron chi connectivity index (χ2n) is 5.01. The summed E-state index contributed by atoms with van der Waals surface area (Å²) in [5, 5.41) is 14.3. The van der Waals surface area contributed by atoms with Gasteiger partial charge in [0.25, 0.3) is 5.91 Å². The van der Waals surface area contributed by atoms with Crippen LogP contribution >= 0.6 is 34.5 Å². The third-order valence-corrected chi connectivity index (χ3v) is 4.39. The molecule has 0 unspecified atom stereocenters. The number of ether oxygens (including phenoxy) is 1. The van der Waals surface area contributed by atoms with E-state index in [-0.39, 0.29) is 17.9 Å². The molecule has 2 amide bonds. The van der Waals surface area contributed by atoms with Crippen molar-refractivity contribution in [1.82, 2.24) is 10.2 Å². The van der Waals surface area contributed by atoms with E-state index in [9.17, 15) is 14.4 Å². The first-order valence-electron chi connectivity index (χ1n) is 7.34. The van der Waals surface area contributed by atoms with E-state index < -0.39 is 24.4 Å². The fourth-order valence-electron chi connectivity index (χ4n) is 1.73. The molecule has 1 aromatic carbocycles. The molecule has 1 aromatic heterocycles. The maximum absolute atomic E-state index is 11.7. The molecule has 2 aromatic rings. The van der Waals surface area contributed by atoms with Crippen molar-refractivity contribution >= 4 is 63.1 Å². The Labute approximate surface area is 162 Å². The third kappa shape index (κ3) is 6.58. The minimum Gasteiger partial charge on any atom is -0.456 e. The van der Waals surface area contributed by atoms with Gasteiger partial charge in [0.2, 0.25) is 11.0 Å². The predicted octanol–water partition coefficient (Wildman–Crippen LogP) is 3.05. The van der Waals surface area contributed by atoms with Gasteiger partial charge in [0.05, 0.1) is 16.5 Å². The first kappa shape index (κ1) is 20.1. The van der Waals surface area contributed by atoms with E-state index in [0.29, 0.717) is 20.8 Å². The second-order valence-corrected chi connectivity index (χ2v) is 7.01. The van der Waals surface area contributed by atoms with E-state index in [4.69, 9.17) is 27.9 Å². The topological polar surface area (TPSA) is 110 Å². The molecule has 0 radical (unpaired) electrons. The van der Waals surface area contributed by atoms with E-state index >= 15 is 0 Å². The molecule has 1 heterocycles. The van der Waals surface area contributed by atoms with Crippen molar-refractivity contribution in [3.05, 3.63) is 33.3 Å². The van der Waals surface area contributed by atoms with Crippen LogP contribution in [-0.2, 0) is 19.1 Å². The number of anilines is 2. The van der Waals surface area contributed by atoms with E-state index in [0.717, 1.165) is 0 Å². The van der Waals surface area contributed by atoms with Crippen LogP contribution in [0.2, 0.25) is 10.0 Å². The zero-order valence-electron chi connectivity index (χ0n) is 13.5. The molecule has 138 valence electrons. The SMILES string of the molecule is Cc1nnc(NC(=O)CCC(=O)OCC(=O)Nc2ccc(Cl)c(Cl)c2)s1. The van der Waals surface area contributed by atoms with Gasteiger partial charge in [-0.05, 0) is 25.1 Å². The van der Waals surface area contributed by atoms with Gasteiger partial charge >= 0.3 is 5.97 Å². The molecule has 0 saturated heterocycles. The second kappa shape index (κ2) is 9.46. The summed E-state index contributed by atoms with van der Waals surface area (Å²) in [4.78, 5) is 35.0. The Morgan fingerprint density at radius 3 is 2.50 bits per heavy atom. The highest BCUT2D eigenvalue weighted by Gasteiger charge is 2.12. The van der Waals surface area contributed by atoms with Gasteiger partial charge in [0.1, 0.15) is 5.01 Å². The molecular weight excluding hydrogens is 403 g/mol. The summed E-state index contributed by atoms with van der Waals surface area (Å²) in [7, 11) is 0. The molecule has 2 rings (SSSR count). The van der Waals surface area contributed by atoms with Crippen molar-refractivity contribution in [3.8, 4) is 0 Å². The quantitative estimate of drug-likeness (QED) is 0.670. The van der Waals surface area contributed by atoms with Crippen molar-refractivity contribution < 1.29 is 19.1 Å². The number of rotatable bonds is 7. The number of nitrogens with one attached hydrogen (secondary N) is 2. The number of amides is 2. The molecule has 0 saturated carbocycles. The summed E-state index contributed by atoms with van der Waals surface area (Å²) >= 11 is 12.8. The van der Waals surface area contributed by atoms with Crippen LogP contribution in [0.3, 0.4) is 0 Å². The van der Waals surface area contributed by atoms with Crippen molar-refractivity contribution in [3.63, 3.8) is 0 Å². The average molecular weight is 417 g/mol. The van der Waals surface area contributed by atoms with Crippen LogP contribution in [-0.4, -0.2) is 34.6 Å². The number of esters is 1. The molecule has 11 heteroatoms. The number of aryl methyl sites for hydroxylation is 1. The molecule has 0 atom stereocenters. The number of carbonyl (C=O) groups is 3. The fourth-order valence-corrected chi connectivity index (χ4v) is 2.64. The monoisotopic (exact) mass is 416 g/mol. The number of benzene rings is 1. The van der Waals surface area contributed by atoms with Gasteiger partial charge in [-0.15, -0.1) is 10.2 Å². The highest BCUT2D eigenvalue weighted by Crippen LogP contribution is 2.24. The first-order valence-corrected chi connectivity index (χ1v) is 8.91. The molecule has 2 N–H and O–H groups in total. The lowest BCUT2D eigenvalue weighted by Crippen LogP contribution is -2.21. The van der Waals surface area contributed by atoms with Gasteiger partial charge in [-0.25, -0.2) is 0 Å². The molecule has 0 aliphatic heterocycles. The zero-order valence-corrected chi connectivity index (χ0v) is 15.9. The summed E-state index contributed by atoms with van der Waals surface area (Å²) in [6, 6.07) is 4.57. The lowest BCUT2D eigenvalue weighted by Gasteiger charge is -2.07. The van der Waals surface area contributed by atoms with Crippen LogP contribution in [0.1, 0.15) is 17.8 Å². The number of halogens is 2. The van der Waals surface area contributed by atoms with Crippen LogP contribution < -0.4 is 10.6 Å². The molecule has 0 aliphatic rings. The van der Waals surface area contributed by atoms with Crippen LogP contribution in [0.15, 0.2) is 18.2 Å². The summed E-state index contributed by atoms with van der Waals surface area (Å²) in [6.07, 6.45) is -0.254. The van der Waals surface area contributed by atoms with E-state index in [1.807, 2.05) is 0 Å². The summed E-state index contributed by atoms with van der Waals surface area (Å²) in [5.74, 6) is -1.60. The molecule has 0 spiro atoms. The Morgan fingerprint density at radius 2 is 1.85 bits per heavy atom. The smallest absolute Gasteiger partial charge is 0.306 e. The zero-order chi connectivity index (χ0) is 19.1. The number of hydrogen-bond donors (Lipinski definition) is 2. The number of hydrogen-bond acceptors (Lipinski definition) is 7. The Balaban J connectivity index is 1.68. The third-order valence-electron chi connectivity index (χ3n) is 2.90. The summed E-state index contributed by atoms with van der Waals surface area (Å²) in [6.45, 7) is 1.28. The van der Waals surface area contributed by atoms with Gasteiger partial charge in [0.15, 0.2) is 6.61 Å². The predicted molar refractivity (Wildman–Crippen MR) is 98.6 cm³/mol. The van der Waals surface area contributed by atoms with Crippen molar-refractivity contribution in [2.24, 2.45) is 0 Å². The maximum atomic E-state index is 11.7. The molecular formula is C15H14Cl2N4O4S. The van der Waals surface area contributed by atoms with Crippen LogP contribution in [0, 0.1) is 6.92 Å². The Kier molecular flexibility index (Phi) is 7.31. The molecule has 0 bridgehead atoms. The Bertz CT molecular complexity index is 828. The van der Waals surface area contributed by atoms with Gasteiger partial charge < -0.3 is 15.4 Å². The lowest BCUT2D eigenvalue weighted by molar-refractivity contribution is -0.147. The largest absolute Gasteiger partial charge is 0.456 e. The lowest BCUT2D eigenvalue weighted by atomic mass is 10.3. The summed E-state index contributed by atoms with van der Waals surface area (Å²) < 4.78 is 4.82. The van der Waals surface area contributed by atoms with Crippen LogP contribution in [0.5, 0.6) is 0 Å². The molecule has 26 heavy (non-hydrogen) atoms. The highest BCUT2D eigenvalue weighted by atomic mass is 35.5. The number of aromatic nitrogens is 2. The first-order chi connectivity index (χ1) is 12.3. The van der Waals surface area contributed by atoms with Crippen molar-refractivity contribution in [2.45, 2.75) is 19.8 Å². The van der Waals surface area contributed by atoms with E-state index in [1.54, 1.807) is 13.0 Å². The minimum atomic E-state index is -0.669. The Morgan fingerprint density at radius 1 is 1.08 bits per heavy atom. The molecule has 0 aliphatic carbocycles.